The molecule has 0 unspecified atom stereocenters. The second kappa shape index (κ2) is 6.57. The van der Waals surface area contributed by atoms with Crippen molar-refractivity contribution >= 4 is 11.6 Å². The van der Waals surface area contributed by atoms with E-state index in [1.54, 1.807) is 6.07 Å². The van der Waals surface area contributed by atoms with Gasteiger partial charge in [-0.3, -0.25) is 4.79 Å². The molecular weight excluding hydrogens is 293 g/mol. The molecule has 2 heterocycles. The SMILES string of the molecule is CCC(=O)N1CCC[C@@H]1[C@@H]1CCCN1c1cccc(F)c1C#N. The molecule has 122 valence electrons. The zero-order valence-electron chi connectivity index (χ0n) is 13.5. The number of carbonyl (C=O) groups is 1. The number of nitrogens with zero attached hydrogens (tertiary/aromatic N) is 3. The number of carbonyl (C=O) groups excluding carboxylic acids is 1. The summed E-state index contributed by atoms with van der Waals surface area (Å²) in [5, 5.41) is 9.31. The molecule has 0 saturated carbocycles. The summed E-state index contributed by atoms with van der Waals surface area (Å²) >= 11 is 0. The Balaban J connectivity index is 1.91. The molecule has 0 aliphatic carbocycles. The van der Waals surface area contributed by atoms with E-state index < -0.39 is 5.82 Å². The van der Waals surface area contributed by atoms with Crippen molar-refractivity contribution in [1.29, 1.82) is 5.26 Å². The second-order valence-corrected chi connectivity index (χ2v) is 6.30. The molecule has 1 aromatic rings. The number of likely N-dealkylation sites (tertiary alicyclic amines) is 1. The third kappa shape index (κ3) is 2.78. The summed E-state index contributed by atoms with van der Waals surface area (Å²) in [7, 11) is 0. The van der Waals surface area contributed by atoms with Crippen molar-refractivity contribution in [3.63, 3.8) is 0 Å². The maximum absolute atomic E-state index is 14.0. The Bertz CT molecular complexity index is 640. The molecule has 2 saturated heterocycles. The third-order valence-corrected chi connectivity index (χ3v) is 5.08. The van der Waals surface area contributed by atoms with Gasteiger partial charge in [-0.15, -0.1) is 0 Å². The molecule has 1 amide bonds. The van der Waals surface area contributed by atoms with Gasteiger partial charge in [0.25, 0.3) is 0 Å². The second-order valence-electron chi connectivity index (χ2n) is 6.30. The lowest BCUT2D eigenvalue weighted by molar-refractivity contribution is -0.132. The van der Waals surface area contributed by atoms with E-state index in [0.717, 1.165) is 38.8 Å². The van der Waals surface area contributed by atoms with Gasteiger partial charge in [0.2, 0.25) is 5.91 Å². The van der Waals surface area contributed by atoms with Gasteiger partial charge in [0.15, 0.2) is 0 Å². The fourth-order valence-electron chi connectivity index (χ4n) is 4.06. The van der Waals surface area contributed by atoms with Crippen LogP contribution in [0.1, 0.15) is 44.6 Å². The van der Waals surface area contributed by atoms with Crippen LogP contribution in [0.5, 0.6) is 0 Å². The van der Waals surface area contributed by atoms with Crippen LogP contribution in [-0.2, 0) is 4.79 Å². The normalized spacial score (nSPS) is 24.0. The monoisotopic (exact) mass is 315 g/mol. The van der Waals surface area contributed by atoms with E-state index in [9.17, 15) is 14.4 Å². The first kappa shape index (κ1) is 15.8. The van der Waals surface area contributed by atoms with Crippen LogP contribution in [0.3, 0.4) is 0 Å². The van der Waals surface area contributed by atoms with Crippen LogP contribution in [0, 0.1) is 17.1 Å². The maximum Gasteiger partial charge on any atom is 0.222 e. The summed E-state index contributed by atoms with van der Waals surface area (Å²) < 4.78 is 14.0. The number of hydrogen-bond donors (Lipinski definition) is 0. The lowest BCUT2D eigenvalue weighted by Crippen LogP contribution is -2.48. The van der Waals surface area contributed by atoms with Gasteiger partial charge in [-0.2, -0.15) is 5.26 Å². The van der Waals surface area contributed by atoms with Crippen molar-refractivity contribution in [2.45, 2.75) is 51.1 Å². The van der Waals surface area contributed by atoms with E-state index in [0.29, 0.717) is 12.1 Å². The summed E-state index contributed by atoms with van der Waals surface area (Å²) in [6.07, 6.45) is 4.53. The minimum Gasteiger partial charge on any atom is -0.365 e. The Kier molecular flexibility index (Phi) is 4.51. The summed E-state index contributed by atoms with van der Waals surface area (Å²) in [6, 6.07) is 7.17. The van der Waals surface area contributed by atoms with Gasteiger partial charge in [0.05, 0.1) is 11.7 Å². The molecule has 4 nitrogen and oxygen atoms in total. The number of benzene rings is 1. The van der Waals surface area contributed by atoms with Gasteiger partial charge in [0, 0.05) is 25.6 Å². The van der Waals surface area contributed by atoms with E-state index in [-0.39, 0.29) is 23.6 Å². The highest BCUT2D eigenvalue weighted by Gasteiger charge is 2.40. The maximum atomic E-state index is 14.0. The van der Waals surface area contributed by atoms with Crippen LogP contribution < -0.4 is 4.90 Å². The molecule has 0 radical (unpaired) electrons. The summed E-state index contributed by atoms with van der Waals surface area (Å²) in [5.74, 6) is -0.275. The molecule has 23 heavy (non-hydrogen) atoms. The number of anilines is 1. The Morgan fingerprint density at radius 2 is 2.04 bits per heavy atom. The zero-order chi connectivity index (χ0) is 16.4. The molecule has 2 fully saturated rings. The van der Waals surface area contributed by atoms with E-state index in [4.69, 9.17) is 0 Å². The minimum absolute atomic E-state index is 0.116. The van der Waals surface area contributed by atoms with Gasteiger partial charge in [-0.1, -0.05) is 13.0 Å². The lowest BCUT2D eigenvalue weighted by atomic mass is 10.0. The predicted octanol–water partition coefficient (Wildman–Crippen LogP) is 3.07. The summed E-state index contributed by atoms with van der Waals surface area (Å²) in [5.41, 5.74) is 0.788. The summed E-state index contributed by atoms with van der Waals surface area (Å²) in [6.45, 7) is 3.52. The van der Waals surface area contributed by atoms with Crippen molar-refractivity contribution in [2.75, 3.05) is 18.0 Å². The first-order valence-corrected chi connectivity index (χ1v) is 8.42. The zero-order valence-corrected chi connectivity index (χ0v) is 13.5. The molecule has 5 heteroatoms. The highest BCUT2D eigenvalue weighted by atomic mass is 19.1. The standard InChI is InChI=1S/C18H22FN3O/c1-2-18(23)22-11-5-9-17(22)16-8-4-10-21(16)15-7-3-6-14(19)13(15)12-20/h3,6-7,16-17H,2,4-5,8-11H2,1H3/t16-,17+/m0/s1. The topological polar surface area (TPSA) is 47.3 Å². The minimum atomic E-state index is -0.469. The van der Waals surface area contributed by atoms with Crippen molar-refractivity contribution in [1.82, 2.24) is 4.90 Å². The van der Waals surface area contributed by atoms with Crippen molar-refractivity contribution in [3.8, 4) is 6.07 Å². The average Bonchev–Trinajstić information content (AvgIpc) is 3.22. The molecule has 0 bridgehead atoms. The Labute approximate surface area is 136 Å². The number of halogens is 1. The van der Waals surface area contributed by atoms with Gasteiger partial charge in [-0.05, 0) is 37.8 Å². The van der Waals surface area contributed by atoms with Gasteiger partial charge in [0.1, 0.15) is 17.4 Å². The van der Waals surface area contributed by atoms with E-state index in [1.807, 2.05) is 24.0 Å². The van der Waals surface area contributed by atoms with E-state index in [1.165, 1.54) is 6.07 Å². The van der Waals surface area contributed by atoms with Crippen LogP contribution in [-0.4, -0.2) is 36.0 Å². The number of hydrogen-bond acceptors (Lipinski definition) is 3. The predicted molar refractivity (Wildman–Crippen MR) is 86.5 cm³/mol. The molecule has 0 spiro atoms. The first-order valence-electron chi connectivity index (χ1n) is 8.42. The van der Waals surface area contributed by atoms with Crippen LogP contribution in [0.25, 0.3) is 0 Å². The van der Waals surface area contributed by atoms with Crippen molar-refractivity contribution < 1.29 is 9.18 Å². The first-order chi connectivity index (χ1) is 11.2. The lowest BCUT2D eigenvalue weighted by Gasteiger charge is -2.36. The largest absolute Gasteiger partial charge is 0.365 e. The van der Waals surface area contributed by atoms with E-state index >= 15 is 0 Å². The number of amides is 1. The molecular formula is C18H22FN3O. The van der Waals surface area contributed by atoms with Crippen LogP contribution >= 0.6 is 0 Å². The molecule has 0 N–H and O–H groups in total. The van der Waals surface area contributed by atoms with Crippen LogP contribution in [0.4, 0.5) is 10.1 Å². The highest BCUT2D eigenvalue weighted by molar-refractivity contribution is 5.76. The average molecular weight is 315 g/mol. The Morgan fingerprint density at radius 1 is 1.30 bits per heavy atom. The van der Waals surface area contributed by atoms with Crippen LogP contribution in [0.2, 0.25) is 0 Å². The van der Waals surface area contributed by atoms with Crippen molar-refractivity contribution in [3.05, 3.63) is 29.6 Å². The molecule has 1 aromatic carbocycles. The Morgan fingerprint density at radius 3 is 2.78 bits per heavy atom. The van der Waals surface area contributed by atoms with Gasteiger partial charge >= 0.3 is 0 Å². The molecule has 2 aliphatic heterocycles. The fourth-order valence-corrected chi connectivity index (χ4v) is 4.06. The van der Waals surface area contributed by atoms with Gasteiger partial charge < -0.3 is 9.80 Å². The third-order valence-electron chi connectivity index (χ3n) is 5.08. The fraction of sp³-hybridized carbons (Fsp3) is 0.556. The van der Waals surface area contributed by atoms with E-state index in [2.05, 4.69) is 4.90 Å². The molecule has 2 aliphatic rings. The van der Waals surface area contributed by atoms with Gasteiger partial charge in [-0.25, -0.2) is 4.39 Å². The smallest absolute Gasteiger partial charge is 0.222 e. The molecule has 3 rings (SSSR count). The Hall–Kier alpha value is -2.09. The highest BCUT2D eigenvalue weighted by Crippen LogP contribution is 2.35. The summed E-state index contributed by atoms with van der Waals surface area (Å²) in [4.78, 5) is 16.3. The van der Waals surface area contributed by atoms with Crippen molar-refractivity contribution in [2.24, 2.45) is 0 Å². The molecule has 2 atom stereocenters. The quantitative estimate of drug-likeness (QED) is 0.861. The number of rotatable bonds is 3. The number of nitriles is 1. The molecule has 0 aromatic heterocycles. The van der Waals surface area contributed by atoms with Crippen LogP contribution in [0.15, 0.2) is 18.2 Å².